The molecule has 0 amide bonds. The third-order valence-electron chi connectivity index (χ3n) is 2.43. The zero-order chi connectivity index (χ0) is 10.8. The molecule has 1 atom stereocenters. The first kappa shape index (κ1) is 9.93. The number of methoxy groups -OCH3 is 1. The van der Waals surface area contributed by atoms with E-state index in [0.717, 1.165) is 22.2 Å². The van der Waals surface area contributed by atoms with E-state index in [1.54, 1.807) is 20.2 Å². The van der Waals surface area contributed by atoms with E-state index in [1.807, 2.05) is 24.3 Å². The van der Waals surface area contributed by atoms with E-state index in [0.29, 0.717) is 0 Å². The molecule has 1 N–H and O–H groups in total. The Bertz CT molecular complexity index is 480. The Morgan fingerprint density at radius 2 is 2.13 bits per heavy atom. The van der Waals surface area contributed by atoms with Crippen LogP contribution in [0.4, 0.5) is 0 Å². The van der Waals surface area contributed by atoms with Crippen molar-refractivity contribution in [2.24, 2.45) is 0 Å². The summed E-state index contributed by atoms with van der Waals surface area (Å²) in [6.45, 7) is 1.74. The molecule has 0 aliphatic rings. The van der Waals surface area contributed by atoms with Gasteiger partial charge in [0, 0.05) is 11.6 Å². The summed E-state index contributed by atoms with van der Waals surface area (Å²) in [7, 11) is 1.62. The molecule has 3 heteroatoms. The molecule has 0 radical (unpaired) electrons. The molecule has 15 heavy (non-hydrogen) atoms. The van der Waals surface area contributed by atoms with E-state index in [2.05, 4.69) is 4.98 Å². The lowest BCUT2D eigenvalue weighted by Gasteiger charge is -2.09. The number of hydrogen-bond donors (Lipinski definition) is 1. The zero-order valence-corrected chi connectivity index (χ0v) is 8.77. The van der Waals surface area contributed by atoms with Gasteiger partial charge in [-0.3, -0.25) is 4.98 Å². The van der Waals surface area contributed by atoms with E-state index in [-0.39, 0.29) is 0 Å². The van der Waals surface area contributed by atoms with Gasteiger partial charge in [0.1, 0.15) is 5.75 Å². The summed E-state index contributed by atoms with van der Waals surface area (Å²) in [4.78, 5) is 4.23. The maximum atomic E-state index is 9.62. The number of aliphatic hydroxyl groups excluding tert-OH is 1. The second-order valence-corrected chi connectivity index (χ2v) is 3.46. The Hall–Kier alpha value is -1.61. The fourth-order valence-corrected chi connectivity index (χ4v) is 1.64. The second kappa shape index (κ2) is 3.87. The maximum Gasteiger partial charge on any atom is 0.119 e. The number of benzene rings is 1. The third-order valence-corrected chi connectivity index (χ3v) is 2.43. The van der Waals surface area contributed by atoms with Crippen LogP contribution >= 0.6 is 0 Å². The first-order valence-electron chi connectivity index (χ1n) is 4.83. The van der Waals surface area contributed by atoms with Crippen molar-refractivity contribution in [1.29, 1.82) is 0 Å². The van der Waals surface area contributed by atoms with Gasteiger partial charge in [-0.05, 0) is 36.8 Å². The monoisotopic (exact) mass is 203 g/mol. The quantitative estimate of drug-likeness (QED) is 0.814. The highest BCUT2D eigenvalue weighted by Gasteiger charge is 2.07. The van der Waals surface area contributed by atoms with Crippen molar-refractivity contribution in [2.75, 3.05) is 7.11 Å². The molecule has 3 nitrogen and oxygen atoms in total. The molecule has 0 spiro atoms. The molecule has 0 saturated carbocycles. The smallest absolute Gasteiger partial charge is 0.119 e. The number of aromatic nitrogens is 1. The van der Waals surface area contributed by atoms with E-state index in [4.69, 9.17) is 4.74 Å². The van der Waals surface area contributed by atoms with Crippen molar-refractivity contribution < 1.29 is 9.84 Å². The summed E-state index contributed by atoms with van der Waals surface area (Å²) in [6.07, 6.45) is 1.21. The van der Waals surface area contributed by atoms with Crippen LogP contribution in [0.2, 0.25) is 0 Å². The average Bonchev–Trinajstić information content (AvgIpc) is 2.27. The number of rotatable bonds is 2. The normalized spacial score (nSPS) is 12.7. The maximum absolute atomic E-state index is 9.62. The zero-order valence-electron chi connectivity index (χ0n) is 8.77. The Balaban J connectivity index is 2.70. The van der Waals surface area contributed by atoms with Crippen LogP contribution in [0.15, 0.2) is 30.5 Å². The van der Waals surface area contributed by atoms with Crippen molar-refractivity contribution in [3.8, 4) is 5.75 Å². The minimum Gasteiger partial charge on any atom is -0.497 e. The molecule has 78 valence electrons. The summed E-state index contributed by atoms with van der Waals surface area (Å²) in [5.74, 6) is 0.775. The Kier molecular flexibility index (Phi) is 2.56. The Morgan fingerprint density at radius 1 is 1.33 bits per heavy atom. The van der Waals surface area contributed by atoms with Gasteiger partial charge in [0.05, 0.1) is 18.7 Å². The van der Waals surface area contributed by atoms with E-state index in [1.165, 1.54) is 0 Å². The van der Waals surface area contributed by atoms with Crippen LogP contribution in [0.25, 0.3) is 10.9 Å². The van der Waals surface area contributed by atoms with E-state index in [9.17, 15) is 5.11 Å². The number of fused-ring (bicyclic) bond motifs is 1. The lowest BCUT2D eigenvalue weighted by Crippen LogP contribution is -1.94. The summed E-state index contributed by atoms with van der Waals surface area (Å²) >= 11 is 0. The third kappa shape index (κ3) is 1.78. The molecule has 1 aromatic heterocycles. The lowest BCUT2D eigenvalue weighted by atomic mass is 10.1. The van der Waals surface area contributed by atoms with Gasteiger partial charge in [-0.2, -0.15) is 0 Å². The van der Waals surface area contributed by atoms with Gasteiger partial charge in [-0.15, -0.1) is 0 Å². The second-order valence-electron chi connectivity index (χ2n) is 3.46. The van der Waals surface area contributed by atoms with Gasteiger partial charge in [0.25, 0.3) is 0 Å². The van der Waals surface area contributed by atoms with Crippen molar-refractivity contribution in [3.63, 3.8) is 0 Å². The molecule has 2 rings (SSSR count). The van der Waals surface area contributed by atoms with Gasteiger partial charge < -0.3 is 9.84 Å². The van der Waals surface area contributed by atoms with Crippen LogP contribution in [0, 0.1) is 0 Å². The molecule has 0 aliphatic heterocycles. The number of aliphatic hydroxyl groups is 1. The fraction of sp³-hybridized carbons (Fsp3) is 0.250. The Labute approximate surface area is 88.3 Å². The van der Waals surface area contributed by atoms with Crippen LogP contribution in [0.3, 0.4) is 0 Å². The molecule has 0 unspecified atom stereocenters. The number of pyridine rings is 1. The SMILES string of the molecule is COc1ccc2nccc([C@H](C)O)c2c1. The number of nitrogens with zero attached hydrogens (tertiary/aromatic N) is 1. The number of hydrogen-bond acceptors (Lipinski definition) is 3. The van der Waals surface area contributed by atoms with E-state index < -0.39 is 6.10 Å². The van der Waals surface area contributed by atoms with Crippen LogP contribution in [0.1, 0.15) is 18.6 Å². The molecule has 0 saturated heterocycles. The molecule has 0 bridgehead atoms. The van der Waals surface area contributed by atoms with Crippen LogP contribution in [-0.2, 0) is 0 Å². The van der Waals surface area contributed by atoms with Gasteiger partial charge >= 0.3 is 0 Å². The highest BCUT2D eigenvalue weighted by Crippen LogP contribution is 2.26. The predicted molar refractivity (Wildman–Crippen MR) is 58.9 cm³/mol. The van der Waals surface area contributed by atoms with Crippen molar-refractivity contribution in [1.82, 2.24) is 4.98 Å². The summed E-state index contributed by atoms with van der Waals surface area (Å²) in [5, 5.41) is 10.6. The highest BCUT2D eigenvalue weighted by molar-refractivity contribution is 5.83. The molecular formula is C12H13NO2. The average molecular weight is 203 g/mol. The van der Waals surface area contributed by atoms with Crippen molar-refractivity contribution in [2.45, 2.75) is 13.0 Å². The summed E-state index contributed by atoms with van der Waals surface area (Å²) < 4.78 is 5.15. The Morgan fingerprint density at radius 3 is 2.80 bits per heavy atom. The first-order chi connectivity index (χ1) is 7.22. The fourth-order valence-electron chi connectivity index (χ4n) is 1.64. The minimum atomic E-state index is -0.498. The summed E-state index contributed by atoms with van der Waals surface area (Å²) in [6, 6.07) is 7.47. The minimum absolute atomic E-state index is 0.498. The van der Waals surface area contributed by atoms with Crippen LogP contribution in [-0.4, -0.2) is 17.2 Å². The van der Waals surface area contributed by atoms with Gasteiger partial charge in [-0.25, -0.2) is 0 Å². The lowest BCUT2D eigenvalue weighted by molar-refractivity contribution is 0.201. The van der Waals surface area contributed by atoms with Crippen LogP contribution in [0.5, 0.6) is 5.75 Å². The molecule has 0 aliphatic carbocycles. The van der Waals surface area contributed by atoms with Crippen molar-refractivity contribution in [3.05, 3.63) is 36.0 Å². The van der Waals surface area contributed by atoms with Gasteiger partial charge in [0.2, 0.25) is 0 Å². The van der Waals surface area contributed by atoms with Crippen molar-refractivity contribution >= 4 is 10.9 Å². The molecule has 0 fully saturated rings. The molecular weight excluding hydrogens is 190 g/mol. The molecule has 2 aromatic rings. The van der Waals surface area contributed by atoms with Crippen LogP contribution < -0.4 is 4.74 Å². The standard InChI is InChI=1S/C12H13NO2/c1-8(14)10-5-6-13-12-4-3-9(15-2)7-11(10)12/h3-8,14H,1-2H3/t8-/m0/s1. The molecule has 1 heterocycles. The topological polar surface area (TPSA) is 42.4 Å². The largest absolute Gasteiger partial charge is 0.497 e. The first-order valence-corrected chi connectivity index (χ1v) is 4.83. The number of ether oxygens (including phenoxy) is 1. The van der Waals surface area contributed by atoms with E-state index >= 15 is 0 Å². The predicted octanol–water partition coefficient (Wildman–Crippen LogP) is 2.30. The summed E-state index contributed by atoms with van der Waals surface area (Å²) in [5.41, 5.74) is 1.74. The highest BCUT2D eigenvalue weighted by atomic mass is 16.5. The van der Waals surface area contributed by atoms with Gasteiger partial charge in [-0.1, -0.05) is 0 Å². The molecule has 1 aromatic carbocycles. The van der Waals surface area contributed by atoms with Gasteiger partial charge in [0.15, 0.2) is 0 Å².